The van der Waals surface area contributed by atoms with E-state index < -0.39 is 12.0 Å². The van der Waals surface area contributed by atoms with Crippen molar-refractivity contribution in [2.75, 3.05) is 12.4 Å². The third-order valence-corrected chi connectivity index (χ3v) is 3.29. The van der Waals surface area contributed by atoms with Crippen molar-refractivity contribution < 1.29 is 19.4 Å². The first-order valence-corrected chi connectivity index (χ1v) is 6.39. The van der Waals surface area contributed by atoms with Gasteiger partial charge in [-0.05, 0) is 31.9 Å². The smallest absolute Gasteiger partial charge is 0.328 e. The van der Waals surface area contributed by atoms with Crippen molar-refractivity contribution in [1.82, 2.24) is 0 Å². The van der Waals surface area contributed by atoms with E-state index in [0.717, 1.165) is 18.5 Å². The van der Waals surface area contributed by atoms with Crippen LogP contribution in [0.3, 0.4) is 0 Å². The van der Waals surface area contributed by atoms with E-state index in [1.165, 1.54) is 0 Å². The van der Waals surface area contributed by atoms with Gasteiger partial charge >= 0.3 is 5.97 Å². The van der Waals surface area contributed by atoms with E-state index in [-0.39, 0.29) is 12.2 Å². The summed E-state index contributed by atoms with van der Waals surface area (Å²) in [4.78, 5) is 11.4. The molecule has 2 rings (SSSR count). The molecule has 104 valence electrons. The minimum atomic E-state index is -0.901. The number of nitrogens with one attached hydrogen (secondary N) is 1. The molecule has 19 heavy (non-hydrogen) atoms. The standard InChI is InChI=1S/C14H19NO4/c1-9-6-7-12(19-9)13(14(16)17)15-10-4-3-5-11(8-10)18-2/h3-5,8-9,12-13,15H,6-7H2,1-2H3,(H,16,17). The normalized spacial score (nSPS) is 23.9. The lowest BCUT2D eigenvalue weighted by atomic mass is 10.1. The first-order chi connectivity index (χ1) is 9.10. The highest BCUT2D eigenvalue weighted by molar-refractivity contribution is 5.78. The second-order valence-corrected chi connectivity index (χ2v) is 4.75. The number of hydrogen-bond donors (Lipinski definition) is 2. The van der Waals surface area contributed by atoms with Crippen LogP contribution in [0.5, 0.6) is 5.75 Å². The van der Waals surface area contributed by atoms with Crippen LogP contribution in [-0.2, 0) is 9.53 Å². The zero-order chi connectivity index (χ0) is 13.8. The fraction of sp³-hybridized carbons (Fsp3) is 0.500. The summed E-state index contributed by atoms with van der Waals surface area (Å²) >= 11 is 0. The number of aliphatic carboxylic acids is 1. The Morgan fingerprint density at radius 1 is 1.53 bits per heavy atom. The molecule has 5 nitrogen and oxygen atoms in total. The fourth-order valence-electron chi connectivity index (χ4n) is 2.28. The van der Waals surface area contributed by atoms with Crippen LogP contribution in [0.1, 0.15) is 19.8 Å². The van der Waals surface area contributed by atoms with E-state index in [4.69, 9.17) is 9.47 Å². The molecular formula is C14H19NO4. The monoisotopic (exact) mass is 265 g/mol. The molecule has 0 bridgehead atoms. The van der Waals surface area contributed by atoms with Crippen molar-refractivity contribution in [2.24, 2.45) is 0 Å². The van der Waals surface area contributed by atoms with Crippen LogP contribution in [0.4, 0.5) is 5.69 Å². The molecule has 1 aromatic carbocycles. The predicted octanol–water partition coefficient (Wildman–Crippen LogP) is 2.13. The van der Waals surface area contributed by atoms with Crippen LogP contribution in [0.15, 0.2) is 24.3 Å². The lowest BCUT2D eigenvalue weighted by Gasteiger charge is -2.22. The molecule has 1 saturated heterocycles. The van der Waals surface area contributed by atoms with Crippen LogP contribution in [0.2, 0.25) is 0 Å². The van der Waals surface area contributed by atoms with Gasteiger partial charge < -0.3 is 19.9 Å². The Hall–Kier alpha value is -1.75. The number of carboxylic acids is 1. The third kappa shape index (κ3) is 3.38. The van der Waals surface area contributed by atoms with E-state index in [2.05, 4.69) is 5.32 Å². The summed E-state index contributed by atoms with van der Waals surface area (Å²) in [6.07, 6.45) is 1.49. The zero-order valence-electron chi connectivity index (χ0n) is 11.1. The van der Waals surface area contributed by atoms with Gasteiger partial charge in [0.2, 0.25) is 0 Å². The average molecular weight is 265 g/mol. The molecule has 0 saturated carbocycles. The molecule has 0 aliphatic carbocycles. The number of hydrogen-bond acceptors (Lipinski definition) is 4. The molecule has 1 fully saturated rings. The van der Waals surface area contributed by atoms with Crippen molar-refractivity contribution >= 4 is 11.7 Å². The molecule has 1 aromatic rings. The van der Waals surface area contributed by atoms with E-state index in [1.807, 2.05) is 25.1 Å². The van der Waals surface area contributed by atoms with Gasteiger partial charge in [0, 0.05) is 11.8 Å². The molecule has 3 unspecified atom stereocenters. The fourth-order valence-corrected chi connectivity index (χ4v) is 2.28. The van der Waals surface area contributed by atoms with Crippen LogP contribution in [-0.4, -0.2) is 36.4 Å². The predicted molar refractivity (Wildman–Crippen MR) is 71.6 cm³/mol. The molecule has 3 atom stereocenters. The van der Waals surface area contributed by atoms with E-state index in [9.17, 15) is 9.90 Å². The Kier molecular flexibility index (Phi) is 4.27. The zero-order valence-corrected chi connectivity index (χ0v) is 11.1. The van der Waals surface area contributed by atoms with Gasteiger partial charge in [-0.1, -0.05) is 6.07 Å². The summed E-state index contributed by atoms with van der Waals surface area (Å²) in [5, 5.41) is 12.3. The highest BCUT2D eigenvalue weighted by Gasteiger charge is 2.34. The Labute approximate surface area is 112 Å². The maximum Gasteiger partial charge on any atom is 0.328 e. The summed E-state index contributed by atoms with van der Waals surface area (Å²) < 4.78 is 10.8. The Balaban J connectivity index is 2.10. The van der Waals surface area contributed by atoms with Crippen molar-refractivity contribution in [3.05, 3.63) is 24.3 Å². The van der Waals surface area contributed by atoms with Crippen LogP contribution >= 0.6 is 0 Å². The summed E-state index contributed by atoms with van der Waals surface area (Å²) in [5.41, 5.74) is 0.718. The summed E-state index contributed by atoms with van der Waals surface area (Å²) in [5.74, 6) is -0.211. The van der Waals surface area contributed by atoms with E-state index >= 15 is 0 Å². The molecule has 0 spiro atoms. The van der Waals surface area contributed by atoms with Crippen molar-refractivity contribution in [1.29, 1.82) is 0 Å². The third-order valence-electron chi connectivity index (χ3n) is 3.29. The molecule has 0 aromatic heterocycles. The Bertz CT molecular complexity index is 449. The molecular weight excluding hydrogens is 246 g/mol. The highest BCUT2D eigenvalue weighted by atomic mass is 16.5. The number of methoxy groups -OCH3 is 1. The van der Waals surface area contributed by atoms with Crippen LogP contribution < -0.4 is 10.1 Å². The van der Waals surface area contributed by atoms with Crippen molar-refractivity contribution in [3.8, 4) is 5.75 Å². The minimum absolute atomic E-state index is 0.124. The highest BCUT2D eigenvalue weighted by Crippen LogP contribution is 2.25. The van der Waals surface area contributed by atoms with Crippen molar-refractivity contribution in [2.45, 2.75) is 38.0 Å². The first kappa shape index (κ1) is 13.7. The number of benzene rings is 1. The Morgan fingerprint density at radius 2 is 2.32 bits per heavy atom. The van der Waals surface area contributed by atoms with Gasteiger partial charge in [0.1, 0.15) is 5.75 Å². The average Bonchev–Trinajstić information content (AvgIpc) is 2.82. The second kappa shape index (κ2) is 5.93. The van der Waals surface area contributed by atoms with Gasteiger partial charge in [-0.25, -0.2) is 4.79 Å². The molecule has 1 heterocycles. The number of carbonyl (C=O) groups is 1. The summed E-state index contributed by atoms with van der Waals surface area (Å²) in [6, 6.07) is 6.48. The summed E-state index contributed by atoms with van der Waals surface area (Å²) in [7, 11) is 1.58. The Morgan fingerprint density at radius 3 is 2.89 bits per heavy atom. The van der Waals surface area contributed by atoms with Gasteiger partial charge in [0.05, 0.1) is 19.3 Å². The van der Waals surface area contributed by atoms with Crippen LogP contribution in [0, 0.1) is 0 Å². The van der Waals surface area contributed by atoms with E-state index in [0.29, 0.717) is 5.75 Å². The van der Waals surface area contributed by atoms with Gasteiger partial charge in [0.15, 0.2) is 6.04 Å². The van der Waals surface area contributed by atoms with Gasteiger partial charge in [0.25, 0.3) is 0 Å². The van der Waals surface area contributed by atoms with Gasteiger partial charge in [-0.15, -0.1) is 0 Å². The number of anilines is 1. The number of ether oxygens (including phenoxy) is 2. The van der Waals surface area contributed by atoms with Gasteiger partial charge in [-0.3, -0.25) is 0 Å². The second-order valence-electron chi connectivity index (χ2n) is 4.75. The molecule has 1 aliphatic rings. The minimum Gasteiger partial charge on any atom is -0.497 e. The maximum absolute atomic E-state index is 11.4. The largest absolute Gasteiger partial charge is 0.497 e. The van der Waals surface area contributed by atoms with Crippen molar-refractivity contribution in [3.63, 3.8) is 0 Å². The number of carboxylic acid groups (broad SMARTS) is 1. The molecule has 2 N–H and O–H groups in total. The van der Waals surface area contributed by atoms with E-state index in [1.54, 1.807) is 13.2 Å². The topological polar surface area (TPSA) is 67.8 Å². The molecule has 0 radical (unpaired) electrons. The van der Waals surface area contributed by atoms with Crippen LogP contribution in [0.25, 0.3) is 0 Å². The first-order valence-electron chi connectivity index (χ1n) is 6.39. The lowest BCUT2D eigenvalue weighted by molar-refractivity contribution is -0.141. The molecule has 1 aliphatic heterocycles. The molecule has 0 amide bonds. The molecule has 5 heteroatoms. The maximum atomic E-state index is 11.4. The quantitative estimate of drug-likeness (QED) is 0.853. The SMILES string of the molecule is COc1cccc(NC(C(=O)O)C2CCC(C)O2)c1. The number of rotatable bonds is 5. The lowest BCUT2D eigenvalue weighted by Crippen LogP contribution is -2.40. The van der Waals surface area contributed by atoms with Gasteiger partial charge in [-0.2, -0.15) is 0 Å². The summed E-state index contributed by atoms with van der Waals surface area (Å²) in [6.45, 7) is 1.96.